The van der Waals surface area contributed by atoms with Crippen molar-refractivity contribution in [3.63, 3.8) is 0 Å². The summed E-state index contributed by atoms with van der Waals surface area (Å²) in [6.07, 6.45) is 8.90. The standard InChI is InChI=1S/C60H64IN9O7S2/c1-35-43(44-25-26-51(61-52(44)58(75)76)68-28-27-39-14-12-17-45(46(39)33-68)55(72)65-59-64-47-18-9-10-20-50(47)79-59)16-13-19-49(35)77-29-11-7-8-15-41-31-70(67-66-41)54(60(4,5)6)57(74)69-32-42(71)30-48(69)56(73)63-36(2)38-21-23-40(24-22-38)53-37(3)62-34-78-53/h9-10,12-14,16-26,31,34,36,42,48,54,71H,7-8,11,15,27-30,32-33H2,1-6H3,(H,63,73)(H,75,76)(H,64,65,72). The van der Waals surface area contributed by atoms with E-state index in [2.05, 4.69) is 48.0 Å². The van der Waals surface area contributed by atoms with Crippen LogP contribution in [-0.4, -0.2) is 104 Å². The molecule has 0 saturated carbocycles. The third kappa shape index (κ3) is 12.4. The van der Waals surface area contributed by atoms with Crippen LogP contribution in [0.25, 0.3) is 26.2 Å². The zero-order valence-electron chi connectivity index (χ0n) is 45.0. The van der Waals surface area contributed by atoms with E-state index in [1.807, 2.05) is 138 Å². The van der Waals surface area contributed by atoms with E-state index in [0.29, 0.717) is 45.2 Å². The van der Waals surface area contributed by atoms with Crippen molar-refractivity contribution in [1.29, 1.82) is 0 Å². The molecule has 1 fully saturated rings. The molecule has 3 aliphatic rings. The Morgan fingerprint density at radius 2 is 1.75 bits per heavy atom. The fraction of sp³-hybridized carbons (Fsp3) is 0.350. The molecule has 4 atom stereocenters. The summed E-state index contributed by atoms with van der Waals surface area (Å²) < 4.78 is 10.3. The minimum Gasteiger partial charge on any atom is -0.493 e. The molecular weight excluding hydrogens is 1150 g/mol. The number of thiazole rings is 2. The van der Waals surface area contributed by atoms with Crippen molar-refractivity contribution in [3.8, 4) is 16.2 Å². The lowest BCUT2D eigenvalue weighted by Gasteiger charge is -2.34. The summed E-state index contributed by atoms with van der Waals surface area (Å²) in [6, 6.07) is 25.5. The number of β-amino-alcohol motifs (C(OH)–C–C–N with tert-alkyl or cyclic N) is 1. The number of aryl methyl sites for hydroxylation is 2. The summed E-state index contributed by atoms with van der Waals surface area (Å²) in [7, 11) is 0. The number of likely N-dealkylation sites (tertiary alicyclic amines) is 1. The van der Waals surface area contributed by atoms with Crippen LogP contribution in [0.15, 0.2) is 112 Å². The Morgan fingerprint density at radius 3 is 2.51 bits per heavy atom. The topological polar surface area (TPSA) is 205 Å². The maximum Gasteiger partial charge on any atom is 0.342 e. The van der Waals surface area contributed by atoms with Crippen LogP contribution in [0.1, 0.15) is 115 Å². The van der Waals surface area contributed by atoms with Gasteiger partial charge in [-0.1, -0.05) is 125 Å². The van der Waals surface area contributed by atoms with Gasteiger partial charge in [0.05, 0.1) is 54.4 Å². The number of aliphatic carboxylic acids is 1. The van der Waals surface area contributed by atoms with Gasteiger partial charge in [0.1, 0.15) is 21.4 Å². The largest absolute Gasteiger partial charge is 0.493 e. The highest BCUT2D eigenvalue weighted by Crippen LogP contribution is 2.39. The molecule has 7 aromatic rings. The van der Waals surface area contributed by atoms with Crippen LogP contribution >= 0.6 is 43.4 Å². The Kier molecular flexibility index (Phi) is 16.8. The number of carbonyl (C=O) groups is 4. The number of hydrogen-bond acceptors (Lipinski definition) is 13. The fourth-order valence-corrected chi connectivity index (χ4v) is 15.0. The lowest BCUT2D eigenvalue weighted by Crippen LogP contribution is -2.50. The molecule has 3 aliphatic heterocycles. The smallest absolute Gasteiger partial charge is 0.342 e. The molecule has 79 heavy (non-hydrogen) atoms. The lowest BCUT2D eigenvalue weighted by atomic mass is 9.85. The van der Waals surface area contributed by atoms with Crippen molar-refractivity contribution in [1.82, 2.24) is 40.1 Å². The van der Waals surface area contributed by atoms with Crippen molar-refractivity contribution >= 4 is 91.6 Å². The number of aliphatic hydroxyl groups excluding tert-OH is 1. The van der Waals surface area contributed by atoms with E-state index in [-0.39, 0.29) is 36.7 Å². The lowest BCUT2D eigenvalue weighted by molar-refractivity contribution is -0.144. The molecule has 4 unspecified atom stereocenters. The van der Waals surface area contributed by atoms with Crippen molar-refractivity contribution in [2.45, 2.75) is 111 Å². The Hall–Kier alpha value is -6.78. The van der Waals surface area contributed by atoms with Crippen LogP contribution in [0, 0.1) is 19.3 Å². The molecule has 3 aromatic heterocycles. The normalized spacial score (nSPS) is 17.5. The maximum absolute atomic E-state index is 14.5. The molecule has 4 N–H and O–H groups in total. The number of rotatable bonds is 18. The van der Waals surface area contributed by atoms with Gasteiger partial charge >= 0.3 is 5.97 Å². The minimum atomic E-state index is -1.08. The minimum absolute atomic E-state index is 0.0434. The molecule has 0 bridgehead atoms. The van der Waals surface area contributed by atoms with E-state index in [9.17, 15) is 29.4 Å². The monoisotopic (exact) mass is 1210 g/mol. The third-order valence-electron chi connectivity index (χ3n) is 14.8. The number of para-hydroxylation sites is 1. The number of allylic oxidation sites excluding steroid dienone is 2. The highest BCUT2D eigenvalue weighted by molar-refractivity contribution is 14.2. The first-order chi connectivity index (χ1) is 38.0. The summed E-state index contributed by atoms with van der Waals surface area (Å²) >= 11 is 1.94. The van der Waals surface area contributed by atoms with E-state index in [4.69, 9.17) is 4.74 Å². The number of nitrogens with one attached hydrogen (secondary N) is 2. The zero-order valence-corrected chi connectivity index (χ0v) is 48.8. The highest BCUT2D eigenvalue weighted by atomic mass is 127. The predicted octanol–water partition coefficient (Wildman–Crippen LogP) is 10.6. The van der Waals surface area contributed by atoms with Gasteiger partial charge in [0.25, 0.3) is 5.91 Å². The number of carbonyl (C=O) groups excluding carboxylic acids is 3. The molecule has 6 heterocycles. The highest BCUT2D eigenvalue weighted by Gasteiger charge is 2.45. The van der Waals surface area contributed by atoms with Crippen molar-refractivity contribution in [2.75, 3.05) is 25.0 Å². The van der Waals surface area contributed by atoms with E-state index in [0.717, 1.165) is 95.7 Å². The second kappa shape index (κ2) is 23.9. The molecule has 410 valence electrons. The first-order valence-corrected chi connectivity index (χ1v) is 30.5. The predicted molar refractivity (Wildman–Crippen MR) is 319 cm³/mol. The van der Waals surface area contributed by atoms with Crippen molar-refractivity contribution in [3.05, 3.63) is 157 Å². The fourth-order valence-electron chi connectivity index (χ4n) is 10.6. The molecule has 4 aromatic carbocycles. The number of aliphatic hydroxyl groups is 1. The van der Waals surface area contributed by atoms with Crippen molar-refractivity contribution < 1.29 is 34.1 Å². The SMILES string of the molecule is Cc1ncsc1-c1ccc(C(C)NC(=O)C2CC(O)CN2C(=O)C(n2cc(CCCCCOc3cccc(C4=C(C(=O)O)I=C(N5CCc6cccc(C(=O)Nc7nc8ccccc8s7)c6C5)C=C4)c3C)nn2)C(C)(C)C)cc1. The molecule has 0 aliphatic carbocycles. The number of nitrogens with zero attached hydrogens (tertiary/aromatic N) is 7. The summed E-state index contributed by atoms with van der Waals surface area (Å²) in [6.45, 7) is 13.5. The number of ether oxygens (including phenoxy) is 1. The number of aromatic nitrogens is 5. The van der Waals surface area contributed by atoms with Gasteiger partial charge in [0.15, 0.2) is 5.13 Å². The number of amides is 3. The van der Waals surface area contributed by atoms with Crippen LogP contribution in [0.2, 0.25) is 0 Å². The molecular formula is C60H64IN9O7S2. The molecule has 16 nitrogen and oxygen atoms in total. The summed E-state index contributed by atoms with van der Waals surface area (Å²) in [5, 5.41) is 37.0. The Balaban J connectivity index is 0.727. The summed E-state index contributed by atoms with van der Waals surface area (Å²) in [5.74, 6) is -1.05. The van der Waals surface area contributed by atoms with Gasteiger partial charge in [-0.15, -0.1) is 16.4 Å². The van der Waals surface area contributed by atoms with Gasteiger partial charge in [0, 0.05) is 43.4 Å². The second-order valence-corrected chi connectivity index (χ2v) is 26.0. The average molecular weight is 1210 g/mol. The van der Waals surface area contributed by atoms with Crippen LogP contribution in [0.3, 0.4) is 0 Å². The number of anilines is 1. The van der Waals surface area contributed by atoms with Gasteiger partial charge in [0.2, 0.25) is 11.8 Å². The summed E-state index contributed by atoms with van der Waals surface area (Å²) in [4.78, 5) is 68.8. The quantitative estimate of drug-likeness (QED) is 0.0468. The van der Waals surface area contributed by atoms with Gasteiger partial charge < -0.3 is 25.2 Å². The number of benzene rings is 4. The second-order valence-electron chi connectivity index (χ2n) is 21.4. The van der Waals surface area contributed by atoms with Crippen molar-refractivity contribution in [2.24, 2.45) is 5.41 Å². The molecule has 0 spiro atoms. The van der Waals surface area contributed by atoms with E-state index >= 15 is 0 Å². The van der Waals surface area contributed by atoms with Crippen LogP contribution in [0.4, 0.5) is 5.13 Å². The summed E-state index contributed by atoms with van der Waals surface area (Å²) in [5.41, 5.74) is 10.8. The van der Waals surface area contributed by atoms with E-state index < -0.39 is 50.3 Å². The molecule has 3 amide bonds. The Morgan fingerprint density at radius 1 is 0.949 bits per heavy atom. The number of carboxylic acids is 1. The van der Waals surface area contributed by atoms with Gasteiger partial charge in [-0.05, 0) is 122 Å². The van der Waals surface area contributed by atoms with E-state index in [1.54, 1.807) is 16.0 Å². The average Bonchev–Trinajstić information content (AvgIpc) is 4.29. The molecule has 10 rings (SSSR count). The number of unbranched alkanes of at least 4 members (excludes halogenated alkanes) is 2. The zero-order chi connectivity index (χ0) is 55.5. The number of halogens is 1. The Bertz CT molecular complexity index is 3510. The molecule has 19 heteroatoms. The van der Waals surface area contributed by atoms with E-state index in [1.165, 1.54) is 16.2 Å². The van der Waals surface area contributed by atoms with Crippen LogP contribution < -0.4 is 15.4 Å². The first kappa shape index (κ1) is 55.5. The number of fused-ring (bicyclic) bond motifs is 2. The van der Waals surface area contributed by atoms with Crippen LogP contribution in [0.5, 0.6) is 5.75 Å². The maximum atomic E-state index is 14.5. The van der Waals surface area contributed by atoms with Gasteiger partial charge in [-0.25, -0.2) is 19.4 Å². The first-order valence-electron chi connectivity index (χ1n) is 26.6. The molecule has 1 saturated heterocycles. The van der Waals surface area contributed by atoms with Gasteiger partial charge in [-0.3, -0.25) is 24.6 Å². The Labute approximate surface area is 477 Å². The number of carboxylic acid groups (broad SMARTS) is 1. The van der Waals surface area contributed by atoms with Gasteiger partial charge in [-0.2, -0.15) is 0 Å². The number of hydrogen-bond donors (Lipinski definition) is 4. The van der Waals surface area contributed by atoms with Crippen LogP contribution in [-0.2, 0) is 33.8 Å². The molecule has 0 radical (unpaired) electrons. The third-order valence-corrected chi connectivity index (χ3v) is 19.9.